The first-order chi connectivity index (χ1) is 3.22. The summed E-state index contributed by atoms with van der Waals surface area (Å²) in [7, 11) is 0. The van der Waals surface area contributed by atoms with E-state index in [9.17, 15) is 9.59 Å². The van der Waals surface area contributed by atoms with Crippen LogP contribution in [-0.4, -0.2) is 11.6 Å². The summed E-state index contributed by atoms with van der Waals surface area (Å²) in [6, 6.07) is 0. The lowest BCUT2D eigenvalue weighted by molar-refractivity contribution is -0.146. The summed E-state index contributed by atoms with van der Waals surface area (Å²) in [6.07, 6.45) is 0.471. The molecule has 2 nitrogen and oxygen atoms in total. The third kappa shape index (κ3) is 0.463. The van der Waals surface area contributed by atoms with E-state index in [0.717, 1.165) is 0 Å². The fraction of sp³-hybridized carbons (Fsp3) is 0.600. The van der Waals surface area contributed by atoms with Gasteiger partial charge >= 0.3 is 0 Å². The van der Waals surface area contributed by atoms with Gasteiger partial charge < -0.3 is 0 Å². The van der Waals surface area contributed by atoms with Crippen molar-refractivity contribution in [2.24, 2.45) is 5.92 Å². The second kappa shape index (κ2) is 1.15. The number of ketones is 2. The van der Waals surface area contributed by atoms with Gasteiger partial charge in [0.25, 0.3) is 0 Å². The molecule has 1 atom stereocenters. The maximum atomic E-state index is 10.2. The van der Waals surface area contributed by atoms with E-state index in [4.69, 9.17) is 0 Å². The quantitative estimate of drug-likeness (QED) is 0.404. The Morgan fingerprint density at radius 1 is 1.57 bits per heavy atom. The van der Waals surface area contributed by atoms with Crippen molar-refractivity contribution in [2.45, 2.75) is 13.3 Å². The minimum atomic E-state index is -0.201. The smallest absolute Gasteiger partial charge is 0.201 e. The summed E-state index contributed by atoms with van der Waals surface area (Å²) in [5.74, 6) is -0.375. The van der Waals surface area contributed by atoms with E-state index in [1.165, 1.54) is 0 Å². The highest BCUT2D eigenvalue weighted by Crippen LogP contribution is 2.16. The molecule has 1 rings (SSSR count). The van der Waals surface area contributed by atoms with Gasteiger partial charge in [0.15, 0.2) is 5.78 Å². The summed E-state index contributed by atoms with van der Waals surface area (Å²) in [5.41, 5.74) is 0. The van der Waals surface area contributed by atoms with Crippen LogP contribution in [0.3, 0.4) is 0 Å². The molecule has 0 aromatic heterocycles. The Kier molecular flexibility index (Phi) is 0.741. The van der Waals surface area contributed by atoms with Gasteiger partial charge in [-0.05, 0) is 0 Å². The summed E-state index contributed by atoms with van der Waals surface area (Å²) < 4.78 is 0. The largest absolute Gasteiger partial charge is 0.291 e. The molecular formula is C5H6O2. The highest BCUT2D eigenvalue weighted by Gasteiger charge is 2.33. The molecule has 0 amide bonds. The number of hydrogen-bond donors (Lipinski definition) is 0. The summed E-state index contributed by atoms with van der Waals surface area (Å²) in [5, 5.41) is 0. The molecule has 0 aromatic rings. The fourth-order valence-electron chi connectivity index (χ4n) is 0.615. The first kappa shape index (κ1) is 4.50. The van der Waals surface area contributed by atoms with Crippen LogP contribution in [0.15, 0.2) is 0 Å². The zero-order chi connectivity index (χ0) is 5.44. The van der Waals surface area contributed by atoms with Crippen molar-refractivity contribution in [3.8, 4) is 0 Å². The van der Waals surface area contributed by atoms with Gasteiger partial charge in [-0.25, -0.2) is 0 Å². The van der Waals surface area contributed by atoms with Crippen LogP contribution in [0.5, 0.6) is 0 Å². The molecule has 1 saturated carbocycles. The predicted molar refractivity (Wildman–Crippen MR) is 23.8 cm³/mol. The van der Waals surface area contributed by atoms with Gasteiger partial charge in [-0.1, -0.05) is 6.92 Å². The SMILES string of the molecule is CC1CC(=O)C1=O. The average molecular weight is 98.1 g/mol. The van der Waals surface area contributed by atoms with Crippen LogP contribution >= 0.6 is 0 Å². The van der Waals surface area contributed by atoms with Crippen molar-refractivity contribution in [1.82, 2.24) is 0 Å². The lowest BCUT2D eigenvalue weighted by Crippen LogP contribution is -2.34. The predicted octanol–water partition coefficient (Wildman–Crippen LogP) is 0.164. The van der Waals surface area contributed by atoms with E-state index >= 15 is 0 Å². The van der Waals surface area contributed by atoms with E-state index in [1.54, 1.807) is 6.92 Å². The zero-order valence-electron chi connectivity index (χ0n) is 4.10. The van der Waals surface area contributed by atoms with Gasteiger partial charge in [0.05, 0.1) is 0 Å². The Hall–Kier alpha value is -0.660. The second-order valence-electron chi connectivity index (χ2n) is 1.89. The molecule has 7 heavy (non-hydrogen) atoms. The van der Waals surface area contributed by atoms with Crippen molar-refractivity contribution in [3.63, 3.8) is 0 Å². The molecule has 0 N–H and O–H groups in total. The molecule has 38 valence electrons. The normalized spacial score (nSPS) is 30.1. The number of rotatable bonds is 0. The minimum Gasteiger partial charge on any atom is -0.291 e. The van der Waals surface area contributed by atoms with E-state index in [-0.39, 0.29) is 17.5 Å². The lowest BCUT2D eigenvalue weighted by Gasteiger charge is -2.15. The van der Waals surface area contributed by atoms with Crippen LogP contribution < -0.4 is 0 Å². The van der Waals surface area contributed by atoms with Gasteiger partial charge in [-0.2, -0.15) is 0 Å². The topological polar surface area (TPSA) is 34.1 Å². The van der Waals surface area contributed by atoms with Crippen LogP contribution in [0.25, 0.3) is 0 Å². The van der Waals surface area contributed by atoms with Crippen molar-refractivity contribution < 1.29 is 9.59 Å². The molecule has 1 unspecified atom stereocenters. The fourth-order valence-corrected chi connectivity index (χ4v) is 0.615. The van der Waals surface area contributed by atoms with Gasteiger partial charge in [0.1, 0.15) is 0 Å². The van der Waals surface area contributed by atoms with Crippen LogP contribution in [0.1, 0.15) is 13.3 Å². The van der Waals surface area contributed by atoms with Crippen LogP contribution in [0.4, 0.5) is 0 Å². The third-order valence-electron chi connectivity index (χ3n) is 1.21. The highest BCUT2D eigenvalue weighted by molar-refractivity contribution is 6.44. The number of carbonyl (C=O) groups is 2. The summed E-state index contributed by atoms with van der Waals surface area (Å²) in [4.78, 5) is 20.3. The molecule has 0 heterocycles. The zero-order valence-corrected chi connectivity index (χ0v) is 4.10. The Bertz CT molecular complexity index is 126. The van der Waals surface area contributed by atoms with E-state index in [2.05, 4.69) is 0 Å². The first-order valence-electron chi connectivity index (χ1n) is 2.29. The molecule has 1 aliphatic carbocycles. The number of carbonyl (C=O) groups excluding carboxylic acids is 2. The minimum absolute atomic E-state index is 0.0208. The Morgan fingerprint density at radius 2 is 2.14 bits per heavy atom. The Balaban J connectivity index is 2.60. The van der Waals surface area contributed by atoms with Crippen molar-refractivity contribution >= 4 is 11.6 Å². The summed E-state index contributed by atoms with van der Waals surface area (Å²) >= 11 is 0. The molecule has 0 bridgehead atoms. The van der Waals surface area contributed by atoms with E-state index in [1.807, 2.05) is 0 Å². The van der Waals surface area contributed by atoms with Gasteiger partial charge in [0.2, 0.25) is 5.78 Å². The van der Waals surface area contributed by atoms with Crippen LogP contribution in [-0.2, 0) is 9.59 Å². The molecule has 2 heteroatoms. The molecule has 1 fully saturated rings. The van der Waals surface area contributed by atoms with Crippen molar-refractivity contribution in [1.29, 1.82) is 0 Å². The standard InChI is InChI=1S/C5H6O2/c1-3-2-4(6)5(3)7/h3H,2H2,1H3. The molecular weight excluding hydrogens is 92.1 g/mol. The molecule has 0 aromatic carbocycles. The lowest BCUT2D eigenvalue weighted by atomic mass is 9.84. The molecule has 1 aliphatic rings. The maximum absolute atomic E-state index is 10.2. The monoisotopic (exact) mass is 98.0 g/mol. The maximum Gasteiger partial charge on any atom is 0.201 e. The average Bonchev–Trinajstić information content (AvgIpc) is 1.68. The number of hydrogen-bond acceptors (Lipinski definition) is 2. The Morgan fingerprint density at radius 3 is 2.14 bits per heavy atom. The summed E-state index contributed by atoms with van der Waals surface area (Å²) in [6.45, 7) is 1.77. The Labute approximate surface area is 41.5 Å². The van der Waals surface area contributed by atoms with Crippen molar-refractivity contribution in [2.75, 3.05) is 0 Å². The van der Waals surface area contributed by atoms with Crippen molar-refractivity contribution in [3.05, 3.63) is 0 Å². The highest BCUT2D eigenvalue weighted by atomic mass is 16.2. The van der Waals surface area contributed by atoms with Gasteiger partial charge in [0, 0.05) is 12.3 Å². The van der Waals surface area contributed by atoms with Gasteiger partial charge in [-0.3, -0.25) is 9.59 Å². The molecule has 0 aliphatic heterocycles. The van der Waals surface area contributed by atoms with Crippen LogP contribution in [0.2, 0.25) is 0 Å². The molecule has 0 spiro atoms. The third-order valence-corrected chi connectivity index (χ3v) is 1.21. The van der Waals surface area contributed by atoms with E-state index in [0.29, 0.717) is 6.42 Å². The second-order valence-corrected chi connectivity index (χ2v) is 1.89. The first-order valence-corrected chi connectivity index (χ1v) is 2.29. The number of Topliss-reactive ketones (excluding diaryl/α,β-unsaturated/α-hetero) is 2. The van der Waals surface area contributed by atoms with Crippen LogP contribution in [0, 0.1) is 5.92 Å². The van der Waals surface area contributed by atoms with Gasteiger partial charge in [-0.15, -0.1) is 0 Å². The molecule has 0 saturated heterocycles. The van der Waals surface area contributed by atoms with E-state index < -0.39 is 0 Å². The molecule has 0 radical (unpaired) electrons.